The Balaban J connectivity index is 1.46. The van der Waals surface area contributed by atoms with E-state index in [0.29, 0.717) is 41.1 Å². The lowest BCUT2D eigenvalue weighted by Gasteiger charge is -2.13. The van der Waals surface area contributed by atoms with Crippen molar-refractivity contribution in [2.45, 2.75) is 109 Å². The number of hydrogen-bond donors (Lipinski definition) is 1. The number of aliphatic hydroxyl groups excluding tert-OH is 1. The Morgan fingerprint density at radius 2 is 1.10 bits per heavy atom. The molecule has 1 heterocycles. The summed E-state index contributed by atoms with van der Waals surface area (Å²) in [5, 5.41) is 9.31. The summed E-state index contributed by atoms with van der Waals surface area (Å²) in [5.41, 5.74) is 1.90. The summed E-state index contributed by atoms with van der Waals surface area (Å²) in [6.45, 7) is 0.337. The van der Waals surface area contributed by atoms with Crippen LogP contribution in [-0.4, -0.2) is 33.0 Å². The molecular weight excluding hydrogens is 528 g/mol. The van der Waals surface area contributed by atoms with E-state index in [1.54, 1.807) is 33.5 Å². The van der Waals surface area contributed by atoms with Gasteiger partial charge in [-0.3, -0.25) is 4.79 Å². The third-order valence-corrected chi connectivity index (χ3v) is 8.16. The quantitative estimate of drug-likeness (QED) is 0.119. The van der Waals surface area contributed by atoms with Crippen molar-refractivity contribution in [2.24, 2.45) is 0 Å². The molecule has 0 spiro atoms. The molecule has 42 heavy (non-hydrogen) atoms. The molecule has 0 fully saturated rings. The van der Waals surface area contributed by atoms with Gasteiger partial charge in [-0.2, -0.15) is 0 Å². The molecule has 0 bridgehead atoms. The number of unbranched alkanes of at least 4 members (excludes halogenated alkanes) is 15. The van der Waals surface area contributed by atoms with E-state index in [0.717, 1.165) is 36.3 Å². The Kier molecular flexibility index (Phi) is 15.4. The van der Waals surface area contributed by atoms with Crippen LogP contribution in [-0.2, 0) is 6.42 Å². The molecule has 0 radical (unpaired) electrons. The number of ether oxygens (including phenoxy) is 3. The van der Waals surface area contributed by atoms with Gasteiger partial charge in [-0.05, 0) is 36.6 Å². The van der Waals surface area contributed by atoms with E-state index in [4.69, 9.17) is 23.7 Å². The zero-order valence-corrected chi connectivity index (χ0v) is 26.2. The number of hydrogen-bond acceptors (Lipinski definition) is 6. The predicted molar refractivity (Wildman–Crippen MR) is 172 cm³/mol. The number of methoxy groups -OCH3 is 3. The molecule has 2 aromatic carbocycles. The van der Waals surface area contributed by atoms with Gasteiger partial charge in [-0.15, -0.1) is 0 Å². The summed E-state index contributed by atoms with van der Waals surface area (Å²) in [7, 11) is 4.79. The van der Waals surface area contributed by atoms with Crippen molar-refractivity contribution >= 4 is 11.0 Å². The topological polar surface area (TPSA) is 78.1 Å². The molecule has 0 atom stereocenters. The molecule has 3 rings (SSSR count). The largest absolute Gasteiger partial charge is 0.497 e. The van der Waals surface area contributed by atoms with E-state index in [1.165, 1.54) is 83.5 Å². The van der Waals surface area contributed by atoms with Crippen LogP contribution < -0.4 is 19.6 Å². The Morgan fingerprint density at radius 1 is 0.619 bits per heavy atom. The van der Waals surface area contributed by atoms with Crippen LogP contribution in [0.5, 0.6) is 17.2 Å². The standard InChI is InChI=1S/C36H52O6/c1-39-29-23-21-28(22-24-29)35-31(42-32-27-34(41-3)33(40-2)26-30(32)36(35)38)20-18-16-14-12-10-8-6-4-5-7-9-11-13-15-17-19-25-37/h21-24,26-27,37H,4-20,25H2,1-3H3. The van der Waals surface area contributed by atoms with Crippen molar-refractivity contribution in [3.05, 3.63) is 52.4 Å². The maximum absolute atomic E-state index is 13.8. The van der Waals surface area contributed by atoms with Gasteiger partial charge in [0.1, 0.15) is 17.1 Å². The van der Waals surface area contributed by atoms with Gasteiger partial charge in [0.2, 0.25) is 5.43 Å². The predicted octanol–water partition coefficient (Wildman–Crippen LogP) is 9.26. The first-order valence-electron chi connectivity index (χ1n) is 16.1. The van der Waals surface area contributed by atoms with Gasteiger partial charge in [0.15, 0.2) is 11.5 Å². The highest BCUT2D eigenvalue weighted by atomic mass is 16.5. The number of aliphatic hydroxyl groups is 1. The fraction of sp³-hybridized carbons (Fsp3) is 0.583. The molecular formula is C36H52O6. The van der Waals surface area contributed by atoms with Gasteiger partial charge >= 0.3 is 0 Å². The Labute approximate surface area is 252 Å². The minimum absolute atomic E-state index is 0.0598. The van der Waals surface area contributed by atoms with Crippen LogP contribution >= 0.6 is 0 Å². The lowest BCUT2D eigenvalue weighted by Crippen LogP contribution is -2.10. The second-order valence-electron chi connectivity index (χ2n) is 11.3. The molecule has 0 saturated carbocycles. The van der Waals surface area contributed by atoms with Gasteiger partial charge in [0.05, 0.1) is 32.3 Å². The van der Waals surface area contributed by atoms with Gasteiger partial charge < -0.3 is 23.7 Å². The van der Waals surface area contributed by atoms with Crippen molar-refractivity contribution in [3.63, 3.8) is 0 Å². The lowest BCUT2D eigenvalue weighted by molar-refractivity contribution is 0.282. The van der Waals surface area contributed by atoms with Crippen molar-refractivity contribution in [3.8, 4) is 28.4 Å². The monoisotopic (exact) mass is 580 g/mol. The summed E-state index contributed by atoms with van der Waals surface area (Å²) in [6, 6.07) is 11.0. The molecule has 0 aliphatic rings. The van der Waals surface area contributed by atoms with Crippen LogP contribution in [0.3, 0.4) is 0 Å². The molecule has 6 heteroatoms. The van der Waals surface area contributed by atoms with E-state index in [1.807, 2.05) is 24.3 Å². The van der Waals surface area contributed by atoms with Crippen LogP contribution in [0.1, 0.15) is 108 Å². The molecule has 0 saturated heterocycles. The fourth-order valence-corrected chi connectivity index (χ4v) is 5.67. The average Bonchev–Trinajstić information content (AvgIpc) is 3.02. The molecule has 0 unspecified atom stereocenters. The van der Waals surface area contributed by atoms with Gasteiger partial charge in [0.25, 0.3) is 0 Å². The zero-order chi connectivity index (χ0) is 30.0. The smallest absolute Gasteiger partial charge is 0.200 e. The van der Waals surface area contributed by atoms with E-state index < -0.39 is 0 Å². The summed E-state index contributed by atoms with van der Waals surface area (Å²) >= 11 is 0. The number of benzene rings is 2. The minimum atomic E-state index is -0.0598. The molecule has 1 aromatic heterocycles. The van der Waals surface area contributed by atoms with Gasteiger partial charge in [-0.25, -0.2) is 0 Å². The van der Waals surface area contributed by atoms with Crippen molar-refractivity contribution in [1.29, 1.82) is 0 Å². The van der Waals surface area contributed by atoms with Crippen molar-refractivity contribution in [1.82, 2.24) is 0 Å². The zero-order valence-electron chi connectivity index (χ0n) is 26.2. The molecule has 232 valence electrons. The van der Waals surface area contributed by atoms with Gasteiger partial charge in [-0.1, -0.05) is 102 Å². The number of aryl methyl sites for hydroxylation is 1. The van der Waals surface area contributed by atoms with Gasteiger partial charge in [0, 0.05) is 19.1 Å². The van der Waals surface area contributed by atoms with E-state index in [9.17, 15) is 4.79 Å². The fourth-order valence-electron chi connectivity index (χ4n) is 5.67. The maximum atomic E-state index is 13.8. The molecule has 0 amide bonds. The van der Waals surface area contributed by atoms with Crippen molar-refractivity contribution in [2.75, 3.05) is 27.9 Å². The minimum Gasteiger partial charge on any atom is -0.497 e. The Morgan fingerprint density at radius 3 is 1.57 bits per heavy atom. The number of fused-ring (bicyclic) bond motifs is 1. The second-order valence-corrected chi connectivity index (χ2v) is 11.3. The Hall–Kier alpha value is -2.99. The highest BCUT2D eigenvalue weighted by Gasteiger charge is 2.19. The van der Waals surface area contributed by atoms with Crippen LogP contribution in [0.25, 0.3) is 22.1 Å². The van der Waals surface area contributed by atoms with Crippen LogP contribution in [0.4, 0.5) is 0 Å². The molecule has 6 nitrogen and oxygen atoms in total. The first-order chi connectivity index (χ1) is 20.6. The van der Waals surface area contributed by atoms with Crippen molar-refractivity contribution < 1.29 is 23.7 Å². The third-order valence-electron chi connectivity index (χ3n) is 8.16. The van der Waals surface area contributed by atoms with E-state index in [2.05, 4.69) is 0 Å². The average molecular weight is 581 g/mol. The van der Waals surface area contributed by atoms with E-state index in [-0.39, 0.29) is 5.43 Å². The maximum Gasteiger partial charge on any atom is 0.200 e. The van der Waals surface area contributed by atoms with Crippen LogP contribution in [0.15, 0.2) is 45.6 Å². The van der Waals surface area contributed by atoms with E-state index >= 15 is 0 Å². The molecule has 1 N–H and O–H groups in total. The van der Waals surface area contributed by atoms with Crippen LogP contribution in [0.2, 0.25) is 0 Å². The third kappa shape index (κ3) is 10.4. The second kappa shape index (κ2) is 19.2. The summed E-state index contributed by atoms with van der Waals surface area (Å²) in [6.07, 6.45) is 20.8. The molecule has 0 aliphatic heterocycles. The summed E-state index contributed by atoms with van der Waals surface area (Å²) < 4.78 is 22.6. The first-order valence-corrected chi connectivity index (χ1v) is 16.1. The molecule has 0 aliphatic carbocycles. The number of rotatable bonds is 22. The highest BCUT2D eigenvalue weighted by Crippen LogP contribution is 2.34. The summed E-state index contributed by atoms with van der Waals surface area (Å²) in [4.78, 5) is 13.8. The first kappa shape index (κ1) is 33.5. The Bertz CT molecular complexity index is 1230. The highest BCUT2D eigenvalue weighted by molar-refractivity contribution is 5.85. The normalized spacial score (nSPS) is 11.2. The molecule has 3 aromatic rings. The SMILES string of the molecule is COc1ccc(-c2c(CCCCCCCCCCCCCCCCCCO)oc3cc(OC)c(OC)cc3c2=O)cc1. The summed E-state index contributed by atoms with van der Waals surface area (Å²) in [5.74, 6) is 2.52. The lowest BCUT2D eigenvalue weighted by atomic mass is 9.98. The van der Waals surface area contributed by atoms with Crippen LogP contribution in [0, 0.1) is 0 Å².